The van der Waals surface area contributed by atoms with Crippen LogP contribution in [-0.4, -0.2) is 29.8 Å². The third-order valence-electron chi connectivity index (χ3n) is 11.1. The van der Waals surface area contributed by atoms with Crippen molar-refractivity contribution in [1.29, 1.82) is 0 Å². The highest BCUT2D eigenvalue weighted by Crippen LogP contribution is 2.69. The van der Waals surface area contributed by atoms with Gasteiger partial charge in [0.25, 0.3) is 0 Å². The lowest BCUT2D eigenvalue weighted by atomic mass is 9.42. The Kier molecular flexibility index (Phi) is 6.61. The summed E-state index contributed by atoms with van der Waals surface area (Å²) in [4.78, 5) is 13.4. The van der Waals surface area contributed by atoms with Crippen LogP contribution in [0, 0.1) is 40.4 Å². The molecular weight excluding hydrogens is 422 g/mol. The molecule has 0 spiro atoms. The summed E-state index contributed by atoms with van der Waals surface area (Å²) >= 11 is 0. The molecule has 1 aromatic carbocycles. The molecular formula is C30H45NO3. The summed E-state index contributed by atoms with van der Waals surface area (Å²) in [5.74, 6) is 3.11. The highest BCUT2D eigenvalue weighted by atomic mass is 16.5. The first-order chi connectivity index (χ1) is 16.4. The maximum Gasteiger partial charge on any atom is 0.228 e. The van der Waals surface area contributed by atoms with Crippen LogP contribution in [0.1, 0.15) is 85.0 Å². The number of anilines is 1. The average molecular weight is 468 g/mol. The predicted molar refractivity (Wildman–Crippen MR) is 136 cm³/mol. The molecule has 0 aromatic heterocycles. The molecule has 4 nitrogen and oxygen atoms in total. The Labute approximate surface area is 206 Å². The summed E-state index contributed by atoms with van der Waals surface area (Å²) in [5.41, 5.74) is 0.767. The maximum absolute atomic E-state index is 13.4. The number of rotatable bonds is 6. The van der Waals surface area contributed by atoms with Crippen molar-refractivity contribution in [2.45, 2.75) is 90.6 Å². The van der Waals surface area contributed by atoms with E-state index in [1.807, 2.05) is 37.3 Å². The molecule has 4 aliphatic rings. The standard InChI is InChI=1S/C30H45NO3/c1-4-30-18-17-29(33,20-34-5-2)19-21(30)11-12-23-24-13-14-26(28(24,3)16-15-25(23)30)27(32)31-22-9-7-6-8-10-22/h6-10,21,23-26,33H,4-5,11-20H2,1-3H3,(H,31,32)/t21-,23+,24+,25+,26-,28+,29-,30?/m1/s1. The third kappa shape index (κ3) is 3.93. The number of fused-ring (bicyclic) bond motifs is 5. The van der Waals surface area contributed by atoms with E-state index in [-0.39, 0.29) is 17.2 Å². The molecule has 4 heteroatoms. The third-order valence-corrected chi connectivity index (χ3v) is 11.1. The first-order valence-electron chi connectivity index (χ1n) is 14.0. The fourth-order valence-electron chi connectivity index (χ4n) is 9.44. The van der Waals surface area contributed by atoms with Crippen molar-refractivity contribution < 1.29 is 14.6 Å². The van der Waals surface area contributed by atoms with Crippen LogP contribution in [-0.2, 0) is 9.53 Å². The summed E-state index contributed by atoms with van der Waals surface area (Å²) in [6.07, 6.45) is 11.3. The van der Waals surface area contributed by atoms with Gasteiger partial charge in [-0.05, 0) is 118 Å². The van der Waals surface area contributed by atoms with Gasteiger partial charge in [0.05, 0.1) is 12.2 Å². The first kappa shape index (κ1) is 24.3. The largest absolute Gasteiger partial charge is 0.387 e. The maximum atomic E-state index is 13.4. The second-order valence-electron chi connectivity index (χ2n) is 12.3. The lowest BCUT2D eigenvalue weighted by molar-refractivity contribution is -0.173. The quantitative estimate of drug-likeness (QED) is 0.506. The van der Waals surface area contributed by atoms with Gasteiger partial charge in [0.1, 0.15) is 0 Å². The van der Waals surface area contributed by atoms with Gasteiger partial charge in [0, 0.05) is 18.2 Å². The Bertz CT molecular complexity index is 873. The molecule has 188 valence electrons. The number of benzene rings is 1. The normalized spacial score (nSPS) is 43.5. The number of amides is 1. The molecule has 1 aromatic rings. The second-order valence-corrected chi connectivity index (χ2v) is 12.3. The average Bonchev–Trinajstić information content (AvgIpc) is 3.20. The van der Waals surface area contributed by atoms with Crippen LogP contribution in [0.3, 0.4) is 0 Å². The topological polar surface area (TPSA) is 58.6 Å². The zero-order valence-corrected chi connectivity index (χ0v) is 21.5. The minimum Gasteiger partial charge on any atom is -0.387 e. The van der Waals surface area contributed by atoms with Crippen molar-refractivity contribution in [3.8, 4) is 0 Å². The van der Waals surface area contributed by atoms with Gasteiger partial charge in [-0.15, -0.1) is 0 Å². The van der Waals surface area contributed by atoms with Crippen molar-refractivity contribution in [3.05, 3.63) is 30.3 Å². The summed E-state index contributed by atoms with van der Waals surface area (Å²) in [6, 6.07) is 9.95. The second kappa shape index (κ2) is 9.24. The van der Waals surface area contributed by atoms with E-state index in [2.05, 4.69) is 19.2 Å². The van der Waals surface area contributed by atoms with Gasteiger partial charge in [0.15, 0.2) is 0 Å². The number of para-hydroxylation sites is 1. The zero-order valence-electron chi connectivity index (χ0n) is 21.5. The highest BCUT2D eigenvalue weighted by Gasteiger charge is 2.63. The van der Waals surface area contributed by atoms with E-state index in [4.69, 9.17) is 4.74 Å². The van der Waals surface area contributed by atoms with Crippen molar-refractivity contribution in [1.82, 2.24) is 0 Å². The van der Waals surface area contributed by atoms with Crippen LogP contribution in [0.5, 0.6) is 0 Å². The minimum absolute atomic E-state index is 0.117. The number of carbonyl (C=O) groups is 1. The van der Waals surface area contributed by atoms with Crippen LogP contribution < -0.4 is 5.32 Å². The first-order valence-corrected chi connectivity index (χ1v) is 14.0. The van der Waals surface area contributed by atoms with Crippen LogP contribution in [0.25, 0.3) is 0 Å². The molecule has 0 bridgehead atoms. The summed E-state index contributed by atoms with van der Waals surface area (Å²) < 4.78 is 5.69. The van der Waals surface area contributed by atoms with E-state index in [0.717, 1.165) is 43.2 Å². The lowest BCUT2D eigenvalue weighted by Crippen LogP contribution is -2.57. The number of ether oxygens (including phenoxy) is 1. The summed E-state index contributed by atoms with van der Waals surface area (Å²) in [7, 11) is 0. The van der Waals surface area contributed by atoms with Crippen LogP contribution >= 0.6 is 0 Å². The van der Waals surface area contributed by atoms with Crippen molar-refractivity contribution >= 4 is 11.6 Å². The smallest absolute Gasteiger partial charge is 0.228 e. The van der Waals surface area contributed by atoms with Gasteiger partial charge in [0.2, 0.25) is 5.91 Å². The highest BCUT2D eigenvalue weighted by molar-refractivity contribution is 5.93. The predicted octanol–water partition coefficient (Wildman–Crippen LogP) is 6.44. The molecule has 5 rings (SSSR count). The Morgan fingerprint density at radius 1 is 1.03 bits per heavy atom. The lowest BCUT2D eigenvalue weighted by Gasteiger charge is -2.63. The van der Waals surface area contributed by atoms with Crippen LogP contribution in [0.15, 0.2) is 30.3 Å². The van der Waals surface area contributed by atoms with Gasteiger partial charge in [-0.3, -0.25) is 4.79 Å². The molecule has 1 unspecified atom stereocenters. The van der Waals surface area contributed by atoms with E-state index >= 15 is 0 Å². The molecule has 0 aliphatic heterocycles. The van der Waals surface area contributed by atoms with Gasteiger partial charge >= 0.3 is 0 Å². The zero-order chi connectivity index (χ0) is 24.0. The van der Waals surface area contributed by atoms with Gasteiger partial charge < -0.3 is 15.2 Å². The number of hydrogen-bond acceptors (Lipinski definition) is 3. The van der Waals surface area contributed by atoms with Crippen LogP contribution in [0.4, 0.5) is 5.69 Å². The number of nitrogens with one attached hydrogen (secondary N) is 1. The molecule has 0 saturated heterocycles. The molecule has 0 heterocycles. The molecule has 0 radical (unpaired) electrons. The minimum atomic E-state index is -0.636. The molecule has 1 amide bonds. The van der Waals surface area contributed by atoms with Crippen molar-refractivity contribution in [3.63, 3.8) is 0 Å². The number of hydrogen-bond donors (Lipinski definition) is 2. The molecule has 4 saturated carbocycles. The Morgan fingerprint density at radius 2 is 1.82 bits per heavy atom. The Balaban J connectivity index is 1.33. The van der Waals surface area contributed by atoms with E-state index in [1.165, 1.54) is 38.5 Å². The SMILES string of the molecule is CCOC[C@@]1(O)CCC2(CC)[C@H](CC[C@@H]3[C@@H]2CC[C@]2(C)[C@@H](C(=O)Nc4ccccc4)CC[C@@H]32)C1. The van der Waals surface area contributed by atoms with Gasteiger partial charge in [-0.2, -0.15) is 0 Å². The molecule has 4 aliphatic carbocycles. The van der Waals surface area contributed by atoms with Gasteiger partial charge in [-0.1, -0.05) is 32.0 Å². The van der Waals surface area contributed by atoms with E-state index < -0.39 is 5.60 Å². The molecule has 2 N–H and O–H groups in total. The van der Waals surface area contributed by atoms with E-state index in [0.29, 0.717) is 30.5 Å². The van der Waals surface area contributed by atoms with E-state index in [9.17, 15) is 9.90 Å². The molecule has 4 fully saturated rings. The Hall–Kier alpha value is -1.39. The van der Waals surface area contributed by atoms with E-state index in [1.54, 1.807) is 0 Å². The summed E-state index contributed by atoms with van der Waals surface area (Å²) in [5, 5.41) is 14.5. The summed E-state index contributed by atoms with van der Waals surface area (Å²) in [6.45, 7) is 8.02. The fourth-order valence-corrected chi connectivity index (χ4v) is 9.44. The van der Waals surface area contributed by atoms with Crippen molar-refractivity contribution in [2.75, 3.05) is 18.5 Å². The van der Waals surface area contributed by atoms with Crippen LogP contribution in [0.2, 0.25) is 0 Å². The number of carbonyl (C=O) groups excluding carboxylic acids is 1. The number of aliphatic hydroxyl groups is 1. The fraction of sp³-hybridized carbons (Fsp3) is 0.767. The molecule has 34 heavy (non-hydrogen) atoms. The van der Waals surface area contributed by atoms with Gasteiger partial charge in [-0.25, -0.2) is 0 Å². The molecule has 8 atom stereocenters. The van der Waals surface area contributed by atoms with Crippen molar-refractivity contribution in [2.24, 2.45) is 40.4 Å². The Morgan fingerprint density at radius 3 is 2.56 bits per heavy atom. The monoisotopic (exact) mass is 467 g/mol.